The smallest absolute Gasteiger partial charge is 0.244 e. The van der Waals surface area contributed by atoms with Crippen molar-refractivity contribution in [3.8, 4) is 11.8 Å². The van der Waals surface area contributed by atoms with Gasteiger partial charge in [-0.1, -0.05) is 24.3 Å². The summed E-state index contributed by atoms with van der Waals surface area (Å²) in [6, 6.07) is 14.6. The molecule has 8 heteroatoms. The fourth-order valence-electron chi connectivity index (χ4n) is 3.28. The van der Waals surface area contributed by atoms with E-state index in [0.717, 1.165) is 11.1 Å². The summed E-state index contributed by atoms with van der Waals surface area (Å²) in [5, 5.41) is 11.9. The Morgan fingerprint density at radius 2 is 1.79 bits per heavy atom. The molecule has 0 aromatic heterocycles. The van der Waals surface area contributed by atoms with Crippen LogP contribution in [0.15, 0.2) is 53.4 Å². The number of carbonyl (C=O) groups excluding carboxylic acids is 1. The summed E-state index contributed by atoms with van der Waals surface area (Å²) in [6.45, 7) is 3.23. The Morgan fingerprint density at radius 1 is 1.17 bits per heavy atom. The minimum atomic E-state index is -3.95. The Bertz CT molecular complexity index is 1060. The van der Waals surface area contributed by atoms with Gasteiger partial charge in [-0.15, -0.1) is 0 Å². The van der Waals surface area contributed by atoms with Crippen molar-refractivity contribution in [1.82, 2.24) is 9.62 Å². The fourth-order valence-corrected chi connectivity index (χ4v) is 4.84. The maximum atomic E-state index is 13.4. The molecule has 0 radical (unpaired) electrons. The van der Waals surface area contributed by atoms with Crippen LogP contribution in [0.1, 0.15) is 25.0 Å². The molecular weight excluding hydrogens is 390 g/mol. The largest absolute Gasteiger partial charge is 0.497 e. The molecule has 1 atom stereocenters. The summed E-state index contributed by atoms with van der Waals surface area (Å²) >= 11 is 0. The highest BCUT2D eigenvalue weighted by molar-refractivity contribution is 7.89. The average Bonchev–Trinajstić information content (AvgIpc) is 2.72. The monoisotopic (exact) mass is 413 g/mol. The molecule has 1 aliphatic rings. The van der Waals surface area contributed by atoms with Crippen LogP contribution in [0.4, 0.5) is 0 Å². The molecule has 1 amide bonds. The summed E-state index contributed by atoms with van der Waals surface area (Å²) in [5.41, 5.74) is 0.667. The molecule has 1 N–H and O–H groups in total. The van der Waals surface area contributed by atoms with Crippen molar-refractivity contribution in [2.45, 2.75) is 43.3 Å². The number of hydrogen-bond acceptors (Lipinski definition) is 5. The Balaban J connectivity index is 2.02. The molecule has 0 saturated heterocycles. The van der Waals surface area contributed by atoms with E-state index < -0.39 is 27.5 Å². The Labute approximate surface area is 171 Å². The summed E-state index contributed by atoms with van der Waals surface area (Å²) in [4.78, 5) is 13.1. The number of nitrogens with one attached hydrogen (secondary N) is 1. The molecule has 1 unspecified atom stereocenters. The van der Waals surface area contributed by atoms with E-state index in [2.05, 4.69) is 5.32 Å². The minimum absolute atomic E-state index is 0.0787. The number of amides is 1. The SMILES string of the molecule is COc1ccc(S(=O)(=O)N2Cc3ccccc3CC2C(=O)NC(C)(C)C#N)cc1. The summed E-state index contributed by atoms with van der Waals surface area (Å²) in [5.74, 6) is 0.0427. The second-order valence-electron chi connectivity index (χ2n) is 7.44. The second kappa shape index (κ2) is 7.85. The van der Waals surface area contributed by atoms with Gasteiger partial charge in [0.05, 0.1) is 18.1 Å². The Kier molecular flexibility index (Phi) is 5.64. The first-order chi connectivity index (χ1) is 13.7. The zero-order valence-electron chi connectivity index (χ0n) is 16.5. The summed E-state index contributed by atoms with van der Waals surface area (Å²) < 4.78 is 33.1. The van der Waals surface area contributed by atoms with Crippen molar-refractivity contribution in [1.29, 1.82) is 5.26 Å². The fraction of sp³-hybridized carbons (Fsp3) is 0.333. The molecule has 0 bridgehead atoms. The lowest BCUT2D eigenvalue weighted by Gasteiger charge is -2.36. The number of nitrogens with zero attached hydrogens (tertiary/aromatic N) is 2. The maximum Gasteiger partial charge on any atom is 0.244 e. The van der Waals surface area contributed by atoms with Gasteiger partial charge in [-0.2, -0.15) is 9.57 Å². The number of benzene rings is 2. The lowest BCUT2D eigenvalue weighted by molar-refractivity contribution is -0.126. The summed E-state index contributed by atoms with van der Waals surface area (Å²) in [6.07, 6.45) is 0.235. The third kappa shape index (κ3) is 4.26. The average molecular weight is 413 g/mol. The first kappa shape index (κ1) is 20.8. The van der Waals surface area contributed by atoms with Crippen molar-refractivity contribution in [2.75, 3.05) is 7.11 Å². The molecule has 7 nitrogen and oxygen atoms in total. The van der Waals surface area contributed by atoms with Crippen molar-refractivity contribution in [3.63, 3.8) is 0 Å². The zero-order valence-corrected chi connectivity index (χ0v) is 17.4. The van der Waals surface area contributed by atoms with E-state index in [0.29, 0.717) is 5.75 Å². The number of methoxy groups -OCH3 is 1. The van der Waals surface area contributed by atoms with Gasteiger partial charge in [-0.25, -0.2) is 8.42 Å². The van der Waals surface area contributed by atoms with Gasteiger partial charge in [-0.3, -0.25) is 4.79 Å². The first-order valence-corrected chi connectivity index (χ1v) is 10.6. The summed E-state index contributed by atoms with van der Waals surface area (Å²) in [7, 11) is -2.45. The van der Waals surface area contributed by atoms with Gasteiger partial charge >= 0.3 is 0 Å². The molecular formula is C21H23N3O4S. The van der Waals surface area contributed by atoms with Gasteiger partial charge < -0.3 is 10.1 Å². The van der Waals surface area contributed by atoms with Crippen molar-refractivity contribution >= 4 is 15.9 Å². The molecule has 0 saturated carbocycles. The van der Waals surface area contributed by atoms with Crippen LogP contribution in [0, 0.1) is 11.3 Å². The molecule has 0 fully saturated rings. The van der Waals surface area contributed by atoms with Crippen LogP contribution >= 0.6 is 0 Å². The molecule has 0 spiro atoms. The third-order valence-corrected chi connectivity index (χ3v) is 6.76. The molecule has 152 valence electrons. The highest BCUT2D eigenvalue weighted by atomic mass is 32.2. The van der Waals surface area contributed by atoms with Crippen LogP contribution in [-0.4, -0.2) is 37.3 Å². The highest BCUT2D eigenvalue weighted by Crippen LogP contribution is 2.30. The Hall–Kier alpha value is -2.89. The van der Waals surface area contributed by atoms with Crippen LogP contribution in [0.2, 0.25) is 0 Å². The number of ether oxygens (including phenoxy) is 1. The van der Waals surface area contributed by atoms with Gasteiger partial charge in [0.15, 0.2) is 0 Å². The number of fused-ring (bicyclic) bond motifs is 1. The first-order valence-electron chi connectivity index (χ1n) is 9.14. The van der Waals surface area contributed by atoms with Crippen LogP contribution in [0.25, 0.3) is 0 Å². The van der Waals surface area contributed by atoms with E-state index in [-0.39, 0.29) is 17.9 Å². The predicted molar refractivity (Wildman–Crippen MR) is 107 cm³/mol. The number of hydrogen-bond donors (Lipinski definition) is 1. The Morgan fingerprint density at radius 3 is 2.38 bits per heavy atom. The molecule has 1 aliphatic heterocycles. The second-order valence-corrected chi connectivity index (χ2v) is 9.33. The van der Waals surface area contributed by atoms with E-state index in [1.807, 2.05) is 30.3 Å². The normalized spacial score (nSPS) is 17.1. The quantitative estimate of drug-likeness (QED) is 0.810. The van der Waals surface area contributed by atoms with E-state index in [1.165, 1.54) is 23.5 Å². The molecule has 3 rings (SSSR count). The van der Waals surface area contributed by atoms with Crippen molar-refractivity contribution in [2.24, 2.45) is 0 Å². The van der Waals surface area contributed by atoms with E-state index in [4.69, 9.17) is 4.74 Å². The highest BCUT2D eigenvalue weighted by Gasteiger charge is 2.40. The standard InChI is InChI=1S/C21H23N3O4S/c1-21(2,14-22)23-20(25)19-12-15-6-4-5-7-16(15)13-24(19)29(26,27)18-10-8-17(28-3)9-11-18/h4-11,19H,12-13H2,1-3H3,(H,23,25). The van der Waals surface area contributed by atoms with Crippen LogP contribution in [0.5, 0.6) is 5.75 Å². The number of carbonyl (C=O) groups is 1. The lowest BCUT2D eigenvalue weighted by Crippen LogP contribution is -2.56. The van der Waals surface area contributed by atoms with Gasteiger partial charge in [0.25, 0.3) is 0 Å². The zero-order chi connectivity index (χ0) is 21.2. The molecule has 29 heavy (non-hydrogen) atoms. The minimum Gasteiger partial charge on any atom is -0.497 e. The number of nitriles is 1. The van der Waals surface area contributed by atoms with Gasteiger partial charge in [0.2, 0.25) is 15.9 Å². The van der Waals surface area contributed by atoms with Gasteiger partial charge in [0, 0.05) is 6.54 Å². The van der Waals surface area contributed by atoms with Crippen molar-refractivity contribution < 1.29 is 17.9 Å². The van der Waals surface area contributed by atoms with Crippen LogP contribution < -0.4 is 10.1 Å². The van der Waals surface area contributed by atoms with Gasteiger partial charge in [0.1, 0.15) is 17.3 Å². The van der Waals surface area contributed by atoms with E-state index >= 15 is 0 Å². The number of rotatable bonds is 5. The lowest BCUT2D eigenvalue weighted by atomic mass is 9.94. The maximum absolute atomic E-state index is 13.4. The van der Waals surface area contributed by atoms with Crippen LogP contribution in [-0.2, 0) is 27.8 Å². The van der Waals surface area contributed by atoms with E-state index in [1.54, 1.807) is 26.0 Å². The van der Waals surface area contributed by atoms with Crippen LogP contribution in [0.3, 0.4) is 0 Å². The molecule has 2 aromatic rings. The molecule has 1 heterocycles. The topological polar surface area (TPSA) is 99.5 Å². The third-order valence-electron chi connectivity index (χ3n) is 4.89. The predicted octanol–water partition coefficient (Wildman–Crippen LogP) is 2.23. The van der Waals surface area contributed by atoms with Crippen molar-refractivity contribution in [3.05, 3.63) is 59.7 Å². The number of sulfonamides is 1. The molecule has 2 aromatic carbocycles. The van der Waals surface area contributed by atoms with Gasteiger partial charge in [-0.05, 0) is 55.7 Å². The van der Waals surface area contributed by atoms with E-state index in [9.17, 15) is 18.5 Å². The molecule has 0 aliphatic carbocycles.